The molecule has 1 aliphatic rings. The second-order valence-corrected chi connectivity index (χ2v) is 7.08. The Kier molecular flexibility index (Phi) is 5.51. The highest BCUT2D eigenvalue weighted by molar-refractivity contribution is 7.89. The Morgan fingerprint density at radius 3 is 2.76 bits per heavy atom. The minimum atomic E-state index is -3.63. The van der Waals surface area contributed by atoms with Crippen LogP contribution in [0.15, 0.2) is 23.4 Å². The van der Waals surface area contributed by atoms with Crippen molar-refractivity contribution in [3.8, 4) is 0 Å². The van der Waals surface area contributed by atoms with Gasteiger partial charge in [0.25, 0.3) is 0 Å². The summed E-state index contributed by atoms with van der Waals surface area (Å²) >= 11 is 0. The van der Waals surface area contributed by atoms with Crippen LogP contribution in [-0.4, -0.2) is 44.0 Å². The summed E-state index contributed by atoms with van der Waals surface area (Å²) in [5.74, 6) is 5.35. The lowest BCUT2D eigenvalue weighted by atomic mass is 10.1. The number of aromatic nitrogens is 1. The number of sulfonamides is 1. The Labute approximate surface area is 125 Å². The lowest BCUT2D eigenvalue weighted by Crippen LogP contribution is -2.43. The van der Waals surface area contributed by atoms with Crippen molar-refractivity contribution in [1.29, 1.82) is 0 Å². The Morgan fingerprint density at radius 1 is 1.38 bits per heavy atom. The van der Waals surface area contributed by atoms with Gasteiger partial charge in [0.1, 0.15) is 4.90 Å². The minimum absolute atomic E-state index is 0.0676. The van der Waals surface area contributed by atoms with E-state index in [0.29, 0.717) is 12.2 Å². The van der Waals surface area contributed by atoms with Gasteiger partial charge < -0.3 is 10.3 Å². The van der Waals surface area contributed by atoms with Gasteiger partial charge in [-0.1, -0.05) is 6.42 Å². The second kappa shape index (κ2) is 7.17. The summed E-state index contributed by atoms with van der Waals surface area (Å²) in [6, 6.07) is 1.36. The van der Waals surface area contributed by atoms with Gasteiger partial charge >= 0.3 is 0 Å². The van der Waals surface area contributed by atoms with Gasteiger partial charge in [-0.3, -0.25) is 10.8 Å². The number of nitrogens with zero attached hydrogens (tertiary/aromatic N) is 2. The lowest BCUT2D eigenvalue weighted by Gasteiger charge is -2.29. The largest absolute Gasteiger partial charge is 0.323 e. The first-order valence-corrected chi connectivity index (χ1v) is 8.66. The predicted octanol–water partition coefficient (Wildman–Crippen LogP) is 0.520. The van der Waals surface area contributed by atoms with Crippen molar-refractivity contribution >= 4 is 15.7 Å². The van der Waals surface area contributed by atoms with Crippen molar-refractivity contribution in [2.75, 3.05) is 25.1 Å². The third kappa shape index (κ3) is 4.37. The second-order valence-electron chi connectivity index (χ2n) is 5.40. The molecular formula is C13H23N5O2S. The van der Waals surface area contributed by atoms with Crippen molar-refractivity contribution in [3.05, 3.63) is 18.5 Å². The highest BCUT2D eigenvalue weighted by atomic mass is 32.2. The van der Waals surface area contributed by atoms with E-state index in [4.69, 9.17) is 5.84 Å². The van der Waals surface area contributed by atoms with E-state index in [1.165, 1.54) is 37.7 Å². The molecular weight excluding hydrogens is 290 g/mol. The molecule has 21 heavy (non-hydrogen) atoms. The van der Waals surface area contributed by atoms with E-state index in [0.717, 1.165) is 13.1 Å². The summed E-state index contributed by atoms with van der Waals surface area (Å²) in [4.78, 5) is 6.22. The van der Waals surface area contributed by atoms with Crippen LogP contribution in [0, 0.1) is 0 Å². The number of likely N-dealkylation sites (tertiary alicyclic amines) is 1. The molecule has 2 rings (SSSR count). The maximum atomic E-state index is 12.4. The molecule has 0 amide bonds. The van der Waals surface area contributed by atoms with Crippen LogP contribution < -0.4 is 16.0 Å². The SMILES string of the molecule is CC(CN1CCCCC1)NS(=O)(=O)c1cnccc1NN. The highest BCUT2D eigenvalue weighted by Crippen LogP contribution is 2.18. The molecule has 7 nitrogen and oxygen atoms in total. The Balaban J connectivity index is 2.02. The van der Waals surface area contributed by atoms with Crippen LogP contribution in [0.2, 0.25) is 0 Å². The molecule has 8 heteroatoms. The molecule has 0 radical (unpaired) electrons. The molecule has 1 unspecified atom stereocenters. The zero-order chi connectivity index (χ0) is 15.3. The Bertz CT molecular complexity index is 557. The fraction of sp³-hybridized carbons (Fsp3) is 0.615. The van der Waals surface area contributed by atoms with E-state index in [1.807, 2.05) is 6.92 Å². The first-order chi connectivity index (χ1) is 10.0. The molecule has 0 aliphatic carbocycles. The molecule has 0 aromatic carbocycles. The maximum absolute atomic E-state index is 12.4. The molecule has 1 fully saturated rings. The van der Waals surface area contributed by atoms with Crippen LogP contribution in [0.4, 0.5) is 5.69 Å². The third-order valence-electron chi connectivity index (χ3n) is 3.57. The molecule has 0 spiro atoms. The van der Waals surface area contributed by atoms with Crippen molar-refractivity contribution in [1.82, 2.24) is 14.6 Å². The molecule has 1 aromatic heterocycles. The highest BCUT2D eigenvalue weighted by Gasteiger charge is 2.22. The van der Waals surface area contributed by atoms with Gasteiger partial charge in [-0.15, -0.1) is 0 Å². The van der Waals surface area contributed by atoms with E-state index in [-0.39, 0.29) is 10.9 Å². The molecule has 4 N–H and O–H groups in total. The van der Waals surface area contributed by atoms with Crippen LogP contribution in [0.1, 0.15) is 26.2 Å². The number of hydrogen-bond donors (Lipinski definition) is 3. The van der Waals surface area contributed by atoms with Gasteiger partial charge in [0, 0.05) is 25.0 Å². The van der Waals surface area contributed by atoms with E-state index in [9.17, 15) is 8.42 Å². The smallest absolute Gasteiger partial charge is 0.244 e. The Morgan fingerprint density at radius 2 is 2.10 bits per heavy atom. The molecule has 1 aliphatic heterocycles. The first kappa shape index (κ1) is 16.2. The third-order valence-corrected chi connectivity index (χ3v) is 5.18. The maximum Gasteiger partial charge on any atom is 0.244 e. The van der Waals surface area contributed by atoms with Crippen LogP contribution in [0.3, 0.4) is 0 Å². The monoisotopic (exact) mass is 313 g/mol. The van der Waals surface area contributed by atoms with Gasteiger partial charge in [0.05, 0.1) is 5.69 Å². The molecule has 1 saturated heterocycles. The van der Waals surface area contributed by atoms with Gasteiger partial charge in [-0.05, 0) is 38.9 Å². The molecule has 0 saturated carbocycles. The van der Waals surface area contributed by atoms with E-state index in [2.05, 4.69) is 20.0 Å². The van der Waals surface area contributed by atoms with Crippen molar-refractivity contribution < 1.29 is 8.42 Å². The molecule has 1 aromatic rings. The number of hydrogen-bond acceptors (Lipinski definition) is 6. The Hall–Kier alpha value is -1.22. The van der Waals surface area contributed by atoms with E-state index >= 15 is 0 Å². The van der Waals surface area contributed by atoms with Gasteiger partial charge in [-0.25, -0.2) is 13.1 Å². The quantitative estimate of drug-likeness (QED) is 0.523. The zero-order valence-corrected chi connectivity index (χ0v) is 13.1. The zero-order valence-electron chi connectivity index (χ0n) is 12.2. The van der Waals surface area contributed by atoms with Crippen LogP contribution >= 0.6 is 0 Å². The fourth-order valence-corrected chi connectivity index (χ4v) is 3.96. The van der Waals surface area contributed by atoms with Gasteiger partial charge in [-0.2, -0.15) is 0 Å². The van der Waals surface area contributed by atoms with E-state index < -0.39 is 10.0 Å². The summed E-state index contributed by atoms with van der Waals surface area (Å²) in [7, 11) is -3.63. The molecule has 2 heterocycles. The number of nitrogens with one attached hydrogen (secondary N) is 2. The van der Waals surface area contributed by atoms with Crippen molar-refractivity contribution in [2.45, 2.75) is 37.1 Å². The number of nitrogen functional groups attached to an aromatic ring is 1. The summed E-state index contributed by atoms with van der Waals surface area (Å²) in [6.07, 6.45) is 6.42. The number of anilines is 1. The number of nitrogens with two attached hydrogens (primary N) is 1. The topological polar surface area (TPSA) is 100 Å². The average Bonchev–Trinajstić information content (AvgIpc) is 2.47. The number of piperidine rings is 1. The summed E-state index contributed by atoms with van der Waals surface area (Å²) in [5.41, 5.74) is 2.72. The normalized spacial score (nSPS) is 18.4. The van der Waals surface area contributed by atoms with Crippen LogP contribution in [-0.2, 0) is 10.0 Å². The molecule has 118 valence electrons. The minimum Gasteiger partial charge on any atom is -0.323 e. The standard InChI is InChI=1S/C13H23N5O2S/c1-11(10-18-7-3-2-4-8-18)17-21(19,20)13-9-15-6-5-12(13)16-14/h5-6,9,11,17H,2-4,7-8,10,14H2,1H3,(H,15,16). The summed E-state index contributed by atoms with van der Waals surface area (Å²) < 4.78 is 27.5. The van der Waals surface area contributed by atoms with Crippen LogP contribution in [0.25, 0.3) is 0 Å². The number of rotatable bonds is 6. The van der Waals surface area contributed by atoms with Gasteiger partial charge in [0.15, 0.2) is 0 Å². The predicted molar refractivity (Wildman–Crippen MR) is 82.1 cm³/mol. The first-order valence-electron chi connectivity index (χ1n) is 7.18. The van der Waals surface area contributed by atoms with E-state index in [1.54, 1.807) is 0 Å². The molecule has 0 bridgehead atoms. The van der Waals surface area contributed by atoms with Crippen molar-refractivity contribution in [3.63, 3.8) is 0 Å². The van der Waals surface area contributed by atoms with Gasteiger partial charge in [0.2, 0.25) is 10.0 Å². The summed E-state index contributed by atoms with van der Waals surface area (Å²) in [5, 5.41) is 0. The van der Waals surface area contributed by atoms with Crippen LogP contribution in [0.5, 0.6) is 0 Å². The van der Waals surface area contributed by atoms with Crippen molar-refractivity contribution in [2.24, 2.45) is 5.84 Å². The summed E-state index contributed by atoms with van der Waals surface area (Å²) in [6.45, 7) is 4.66. The number of hydrazine groups is 1. The average molecular weight is 313 g/mol. The number of pyridine rings is 1. The fourth-order valence-electron chi connectivity index (χ4n) is 2.61. The molecule has 1 atom stereocenters. The lowest BCUT2D eigenvalue weighted by molar-refractivity contribution is 0.215.